The maximum Gasteiger partial charge on any atom is 0.265 e. The van der Waals surface area contributed by atoms with Crippen molar-refractivity contribution in [1.29, 1.82) is 0 Å². The summed E-state index contributed by atoms with van der Waals surface area (Å²) in [5, 5.41) is 1.08. The van der Waals surface area contributed by atoms with Gasteiger partial charge in [0.25, 0.3) is 10.0 Å². The first-order chi connectivity index (χ1) is 10.5. The van der Waals surface area contributed by atoms with Crippen LogP contribution >= 0.6 is 11.6 Å². The van der Waals surface area contributed by atoms with Crippen molar-refractivity contribution in [3.63, 3.8) is 0 Å². The number of benzene rings is 1. The summed E-state index contributed by atoms with van der Waals surface area (Å²) in [6.45, 7) is 0. The van der Waals surface area contributed by atoms with Crippen LogP contribution in [0.15, 0.2) is 47.5 Å². The van der Waals surface area contributed by atoms with Crippen molar-refractivity contribution < 1.29 is 13.2 Å². The highest BCUT2D eigenvalue weighted by atomic mass is 35.5. The zero-order chi connectivity index (χ0) is 15.7. The average molecular weight is 338 g/mol. The molecule has 0 bridgehead atoms. The van der Waals surface area contributed by atoms with Gasteiger partial charge in [-0.15, -0.1) is 0 Å². The van der Waals surface area contributed by atoms with Crippen LogP contribution in [-0.4, -0.2) is 25.5 Å². The second-order valence-corrected chi connectivity index (χ2v) is 6.60. The Kier molecular flexibility index (Phi) is 3.67. The van der Waals surface area contributed by atoms with Crippen molar-refractivity contribution in [1.82, 2.24) is 9.97 Å². The van der Waals surface area contributed by atoms with Crippen LogP contribution in [0.5, 0.6) is 5.88 Å². The van der Waals surface area contributed by atoms with E-state index in [0.29, 0.717) is 21.8 Å². The van der Waals surface area contributed by atoms with Crippen molar-refractivity contribution >= 4 is 38.3 Å². The minimum Gasteiger partial charge on any atom is -0.481 e. The van der Waals surface area contributed by atoms with Crippen LogP contribution in [0, 0.1) is 0 Å². The van der Waals surface area contributed by atoms with Crippen molar-refractivity contribution in [3.05, 3.63) is 47.6 Å². The molecule has 2 N–H and O–H groups in total. The first-order valence-corrected chi connectivity index (χ1v) is 8.16. The van der Waals surface area contributed by atoms with Crippen LogP contribution in [0.1, 0.15) is 0 Å². The predicted octanol–water partition coefficient (Wildman–Crippen LogP) is 3.03. The number of rotatable bonds is 4. The second kappa shape index (κ2) is 5.51. The second-order valence-electron chi connectivity index (χ2n) is 4.51. The summed E-state index contributed by atoms with van der Waals surface area (Å²) >= 11 is 5.90. The number of nitrogens with zero attached hydrogens (tertiary/aromatic N) is 1. The highest BCUT2D eigenvalue weighted by molar-refractivity contribution is 7.93. The normalized spacial score (nSPS) is 11.5. The molecule has 3 aromatic rings. The fourth-order valence-corrected chi connectivity index (χ4v) is 3.42. The van der Waals surface area contributed by atoms with Crippen molar-refractivity contribution in [2.24, 2.45) is 0 Å². The van der Waals surface area contributed by atoms with Crippen LogP contribution in [0.3, 0.4) is 0 Å². The maximum absolute atomic E-state index is 12.5. The molecule has 0 saturated heterocycles. The SMILES string of the molecule is COc1cccc(NS(=O)(=O)c2c[nH]c3cc(Cl)ccc23)n1. The predicted molar refractivity (Wildman–Crippen MR) is 84.9 cm³/mol. The molecule has 6 nitrogen and oxygen atoms in total. The lowest BCUT2D eigenvalue weighted by Gasteiger charge is -2.07. The molecule has 0 fully saturated rings. The van der Waals surface area contributed by atoms with Gasteiger partial charge < -0.3 is 9.72 Å². The highest BCUT2D eigenvalue weighted by Crippen LogP contribution is 2.26. The number of fused-ring (bicyclic) bond motifs is 1. The molecular weight excluding hydrogens is 326 g/mol. The lowest BCUT2D eigenvalue weighted by Crippen LogP contribution is -2.13. The number of nitrogens with one attached hydrogen (secondary N) is 2. The number of aromatic nitrogens is 2. The highest BCUT2D eigenvalue weighted by Gasteiger charge is 2.20. The zero-order valence-corrected chi connectivity index (χ0v) is 13.1. The number of sulfonamides is 1. The van der Waals surface area contributed by atoms with Crippen LogP contribution in [0.2, 0.25) is 5.02 Å². The molecule has 0 radical (unpaired) electrons. The smallest absolute Gasteiger partial charge is 0.265 e. The Morgan fingerprint density at radius 1 is 1.27 bits per heavy atom. The quantitative estimate of drug-likeness (QED) is 0.766. The number of halogens is 1. The summed E-state index contributed by atoms with van der Waals surface area (Å²) < 4.78 is 32.4. The van der Waals surface area contributed by atoms with Crippen LogP contribution in [0.4, 0.5) is 5.82 Å². The molecule has 0 spiro atoms. The van der Waals surface area contributed by atoms with Gasteiger partial charge in [-0.3, -0.25) is 4.72 Å². The molecule has 0 aliphatic carbocycles. The van der Waals surface area contributed by atoms with Gasteiger partial charge in [0.1, 0.15) is 10.7 Å². The summed E-state index contributed by atoms with van der Waals surface area (Å²) in [6, 6.07) is 9.79. The Morgan fingerprint density at radius 2 is 2.09 bits per heavy atom. The Morgan fingerprint density at radius 3 is 2.86 bits per heavy atom. The molecule has 0 saturated carbocycles. The topological polar surface area (TPSA) is 84.1 Å². The van der Waals surface area contributed by atoms with Gasteiger partial charge in [0.15, 0.2) is 0 Å². The van der Waals surface area contributed by atoms with Gasteiger partial charge in [-0.2, -0.15) is 4.98 Å². The maximum atomic E-state index is 12.5. The number of H-pyrrole nitrogens is 1. The Bertz CT molecular complexity index is 937. The largest absolute Gasteiger partial charge is 0.481 e. The Labute approximate surface area is 132 Å². The van der Waals surface area contributed by atoms with Gasteiger partial charge in [0, 0.05) is 28.2 Å². The van der Waals surface area contributed by atoms with Crippen molar-refractivity contribution in [2.75, 3.05) is 11.8 Å². The van der Waals surface area contributed by atoms with E-state index in [1.54, 1.807) is 36.4 Å². The third-order valence-corrected chi connectivity index (χ3v) is 4.70. The van der Waals surface area contributed by atoms with E-state index in [-0.39, 0.29) is 10.7 Å². The van der Waals surface area contributed by atoms with E-state index in [2.05, 4.69) is 14.7 Å². The van der Waals surface area contributed by atoms with E-state index in [9.17, 15) is 8.42 Å². The number of hydrogen-bond donors (Lipinski definition) is 2. The molecule has 2 heterocycles. The summed E-state index contributed by atoms with van der Waals surface area (Å²) in [5.41, 5.74) is 0.645. The number of anilines is 1. The number of pyridine rings is 1. The third kappa shape index (κ3) is 2.72. The monoisotopic (exact) mass is 337 g/mol. The number of ether oxygens (including phenoxy) is 1. The van der Waals surface area contributed by atoms with E-state index in [1.807, 2.05) is 0 Å². The van der Waals surface area contributed by atoms with Crippen LogP contribution in [0.25, 0.3) is 10.9 Å². The number of hydrogen-bond acceptors (Lipinski definition) is 4. The van der Waals surface area contributed by atoms with E-state index < -0.39 is 10.0 Å². The van der Waals surface area contributed by atoms with Gasteiger partial charge in [0.05, 0.1) is 7.11 Å². The molecule has 3 rings (SSSR count). The standard InChI is InChI=1S/C14H12ClN3O3S/c1-21-14-4-2-3-13(17-14)18-22(19,20)12-8-16-11-7-9(15)5-6-10(11)12/h2-8,16H,1H3,(H,17,18). The van der Waals surface area contributed by atoms with Gasteiger partial charge >= 0.3 is 0 Å². The van der Waals surface area contributed by atoms with E-state index >= 15 is 0 Å². The number of aromatic amines is 1. The molecule has 2 aromatic heterocycles. The van der Waals surface area contributed by atoms with E-state index in [1.165, 1.54) is 13.3 Å². The fourth-order valence-electron chi connectivity index (χ4n) is 2.07. The first kappa shape index (κ1) is 14.7. The molecule has 8 heteroatoms. The summed E-state index contributed by atoms with van der Waals surface area (Å²) in [7, 11) is -2.31. The van der Waals surface area contributed by atoms with Gasteiger partial charge in [-0.1, -0.05) is 17.7 Å². The van der Waals surface area contributed by atoms with Crippen LogP contribution < -0.4 is 9.46 Å². The van der Waals surface area contributed by atoms with E-state index in [0.717, 1.165) is 0 Å². The molecule has 0 unspecified atom stereocenters. The molecule has 1 aromatic carbocycles. The number of methoxy groups -OCH3 is 1. The minimum absolute atomic E-state index is 0.129. The third-order valence-electron chi connectivity index (χ3n) is 3.07. The summed E-state index contributed by atoms with van der Waals surface area (Å²) in [5.74, 6) is 0.508. The zero-order valence-electron chi connectivity index (χ0n) is 11.5. The Hall–Kier alpha value is -2.25. The summed E-state index contributed by atoms with van der Waals surface area (Å²) in [4.78, 5) is 7.06. The molecule has 22 heavy (non-hydrogen) atoms. The fraction of sp³-hybridized carbons (Fsp3) is 0.0714. The van der Waals surface area contributed by atoms with Gasteiger partial charge in [-0.25, -0.2) is 8.42 Å². The van der Waals surface area contributed by atoms with Gasteiger partial charge in [-0.05, 0) is 24.3 Å². The minimum atomic E-state index is -3.78. The molecule has 0 aliphatic heterocycles. The lowest BCUT2D eigenvalue weighted by atomic mass is 10.2. The molecule has 0 aliphatic rings. The van der Waals surface area contributed by atoms with Crippen LogP contribution in [-0.2, 0) is 10.0 Å². The summed E-state index contributed by atoms with van der Waals surface area (Å²) in [6.07, 6.45) is 1.42. The Balaban J connectivity index is 2.01. The van der Waals surface area contributed by atoms with Crippen molar-refractivity contribution in [2.45, 2.75) is 4.90 Å². The lowest BCUT2D eigenvalue weighted by molar-refractivity contribution is 0.398. The molecular formula is C14H12ClN3O3S. The first-order valence-electron chi connectivity index (χ1n) is 6.30. The van der Waals surface area contributed by atoms with E-state index in [4.69, 9.17) is 16.3 Å². The average Bonchev–Trinajstić information content (AvgIpc) is 2.90. The van der Waals surface area contributed by atoms with Crippen molar-refractivity contribution in [3.8, 4) is 5.88 Å². The van der Waals surface area contributed by atoms with Gasteiger partial charge in [0.2, 0.25) is 5.88 Å². The molecule has 0 amide bonds. The molecule has 114 valence electrons. The molecule has 0 atom stereocenters.